The lowest BCUT2D eigenvalue weighted by molar-refractivity contribution is 0.0623. The molecule has 172 valence electrons. The zero-order valence-corrected chi connectivity index (χ0v) is 19.4. The van der Waals surface area contributed by atoms with Crippen LogP contribution in [-0.4, -0.2) is 67.0 Å². The predicted molar refractivity (Wildman–Crippen MR) is 127 cm³/mol. The van der Waals surface area contributed by atoms with Gasteiger partial charge in [-0.2, -0.15) is 0 Å². The van der Waals surface area contributed by atoms with Crippen molar-refractivity contribution in [3.63, 3.8) is 0 Å². The first-order valence-electron chi connectivity index (χ1n) is 10.6. The lowest BCUT2D eigenvalue weighted by Crippen LogP contribution is -2.48. The first kappa shape index (κ1) is 22.8. The molecular formula is C24H26N4O4S. The zero-order chi connectivity index (χ0) is 23.2. The van der Waals surface area contributed by atoms with Gasteiger partial charge in [-0.1, -0.05) is 30.3 Å². The van der Waals surface area contributed by atoms with Crippen molar-refractivity contribution in [2.45, 2.75) is 6.54 Å². The molecule has 1 fully saturated rings. The van der Waals surface area contributed by atoms with E-state index in [1.807, 2.05) is 23.1 Å². The van der Waals surface area contributed by atoms with Gasteiger partial charge >= 0.3 is 0 Å². The molecular weight excluding hydrogens is 440 g/mol. The molecule has 1 saturated heterocycles. The highest BCUT2D eigenvalue weighted by Crippen LogP contribution is 2.24. The van der Waals surface area contributed by atoms with E-state index in [1.54, 1.807) is 23.6 Å². The van der Waals surface area contributed by atoms with E-state index in [0.29, 0.717) is 41.0 Å². The van der Waals surface area contributed by atoms with Crippen LogP contribution in [0.15, 0.2) is 53.9 Å². The highest BCUT2D eigenvalue weighted by Gasteiger charge is 2.24. The molecule has 0 aliphatic carbocycles. The minimum atomic E-state index is -0.352. The molecule has 0 atom stereocenters. The molecule has 1 aromatic heterocycles. The van der Waals surface area contributed by atoms with Crippen molar-refractivity contribution in [2.24, 2.45) is 0 Å². The highest BCUT2D eigenvalue weighted by atomic mass is 32.1. The number of rotatable bonds is 7. The van der Waals surface area contributed by atoms with Crippen LogP contribution in [0, 0.1) is 0 Å². The van der Waals surface area contributed by atoms with Gasteiger partial charge in [-0.05, 0) is 17.7 Å². The normalized spacial score (nSPS) is 14.1. The van der Waals surface area contributed by atoms with Crippen LogP contribution in [-0.2, 0) is 6.54 Å². The molecule has 4 rings (SSSR count). The Labute approximate surface area is 196 Å². The van der Waals surface area contributed by atoms with Crippen molar-refractivity contribution >= 4 is 28.3 Å². The summed E-state index contributed by atoms with van der Waals surface area (Å²) in [7, 11) is 3.05. The number of anilines is 1. The Morgan fingerprint density at radius 1 is 1.00 bits per heavy atom. The molecule has 0 bridgehead atoms. The van der Waals surface area contributed by atoms with Crippen LogP contribution in [0.1, 0.15) is 26.4 Å². The fourth-order valence-corrected chi connectivity index (χ4v) is 4.33. The number of carbonyl (C=O) groups is 2. The quantitative estimate of drug-likeness (QED) is 0.575. The van der Waals surface area contributed by atoms with Crippen molar-refractivity contribution in [3.05, 3.63) is 70.7 Å². The minimum Gasteiger partial charge on any atom is -0.497 e. The smallest absolute Gasteiger partial charge is 0.273 e. The van der Waals surface area contributed by atoms with Crippen LogP contribution in [0.25, 0.3) is 0 Å². The number of amides is 2. The Morgan fingerprint density at radius 2 is 1.67 bits per heavy atom. The number of methoxy groups -OCH3 is 2. The molecule has 1 aliphatic rings. The van der Waals surface area contributed by atoms with Crippen molar-refractivity contribution in [2.75, 3.05) is 45.7 Å². The molecule has 0 radical (unpaired) electrons. The summed E-state index contributed by atoms with van der Waals surface area (Å²) in [4.78, 5) is 34.1. The topological polar surface area (TPSA) is 84.0 Å². The number of nitrogens with zero attached hydrogens (tertiary/aromatic N) is 3. The molecule has 0 unspecified atom stereocenters. The molecule has 8 nitrogen and oxygen atoms in total. The van der Waals surface area contributed by atoms with Crippen LogP contribution >= 0.6 is 11.3 Å². The third-order valence-corrected chi connectivity index (χ3v) is 6.22. The van der Waals surface area contributed by atoms with E-state index >= 15 is 0 Å². The fourth-order valence-electron chi connectivity index (χ4n) is 3.65. The van der Waals surface area contributed by atoms with E-state index in [-0.39, 0.29) is 11.8 Å². The van der Waals surface area contributed by atoms with Gasteiger partial charge in [0.15, 0.2) is 5.13 Å². The maximum atomic E-state index is 12.9. The van der Waals surface area contributed by atoms with E-state index < -0.39 is 0 Å². The van der Waals surface area contributed by atoms with Gasteiger partial charge in [0.05, 0.1) is 14.2 Å². The third kappa shape index (κ3) is 5.68. The molecule has 2 heterocycles. The lowest BCUT2D eigenvalue weighted by atomic mass is 10.2. The van der Waals surface area contributed by atoms with Crippen molar-refractivity contribution < 1.29 is 19.1 Å². The monoisotopic (exact) mass is 466 g/mol. The second-order valence-electron chi connectivity index (χ2n) is 7.65. The predicted octanol–water partition coefficient (Wildman–Crippen LogP) is 3.37. The van der Waals surface area contributed by atoms with Gasteiger partial charge < -0.3 is 14.4 Å². The van der Waals surface area contributed by atoms with Crippen LogP contribution in [0.2, 0.25) is 0 Å². The summed E-state index contributed by atoms with van der Waals surface area (Å²) in [6.07, 6.45) is 0. The molecule has 2 aromatic carbocycles. The Hall–Kier alpha value is -3.43. The van der Waals surface area contributed by atoms with Gasteiger partial charge in [0.1, 0.15) is 17.2 Å². The summed E-state index contributed by atoms with van der Waals surface area (Å²) in [6.45, 7) is 3.80. The minimum absolute atomic E-state index is 0.117. The van der Waals surface area contributed by atoms with E-state index in [1.165, 1.54) is 31.1 Å². The second-order valence-corrected chi connectivity index (χ2v) is 8.51. The lowest BCUT2D eigenvalue weighted by Gasteiger charge is -2.34. The molecule has 2 amide bonds. The number of carbonyl (C=O) groups excluding carboxylic acids is 2. The Bertz CT molecular complexity index is 1090. The number of piperazine rings is 1. The first-order valence-corrected chi connectivity index (χ1v) is 11.5. The molecule has 0 saturated carbocycles. The summed E-state index contributed by atoms with van der Waals surface area (Å²) in [6, 6.07) is 15.2. The summed E-state index contributed by atoms with van der Waals surface area (Å²) >= 11 is 1.22. The van der Waals surface area contributed by atoms with Gasteiger partial charge in [0.25, 0.3) is 11.8 Å². The number of ether oxygens (including phenoxy) is 2. The largest absolute Gasteiger partial charge is 0.497 e. The van der Waals surface area contributed by atoms with Gasteiger partial charge in [-0.25, -0.2) is 4.98 Å². The van der Waals surface area contributed by atoms with Gasteiger partial charge in [0.2, 0.25) is 0 Å². The van der Waals surface area contributed by atoms with Crippen molar-refractivity contribution in [3.8, 4) is 11.5 Å². The second kappa shape index (κ2) is 10.5. The molecule has 33 heavy (non-hydrogen) atoms. The Kier molecular flexibility index (Phi) is 7.21. The highest BCUT2D eigenvalue weighted by molar-refractivity contribution is 7.14. The maximum Gasteiger partial charge on any atom is 0.273 e. The van der Waals surface area contributed by atoms with Crippen molar-refractivity contribution in [1.29, 1.82) is 0 Å². The van der Waals surface area contributed by atoms with Crippen LogP contribution in [0.5, 0.6) is 11.5 Å². The summed E-state index contributed by atoms with van der Waals surface area (Å²) < 4.78 is 10.4. The average Bonchev–Trinajstić information content (AvgIpc) is 3.32. The van der Waals surface area contributed by atoms with Crippen LogP contribution in [0.3, 0.4) is 0 Å². The Morgan fingerprint density at radius 3 is 2.30 bits per heavy atom. The summed E-state index contributed by atoms with van der Waals surface area (Å²) in [5.74, 6) is 0.561. The standard InChI is InChI=1S/C24H26N4O4S/c1-31-19-12-18(13-20(14-19)32-2)22(29)26-24-25-21(16-33-24)23(30)28-10-8-27(9-11-28)15-17-6-4-3-5-7-17/h3-7,12-14,16H,8-11,15H2,1-2H3,(H,25,26,29). The van der Waals surface area contributed by atoms with Gasteiger partial charge in [-0.3, -0.25) is 19.8 Å². The average molecular weight is 467 g/mol. The Balaban J connectivity index is 1.34. The molecule has 1 aliphatic heterocycles. The van der Waals surface area contributed by atoms with Gasteiger partial charge in [0, 0.05) is 49.7 Å². The molecule has 1 N–H and O–H groups in total. The summed E-state index contributed by atoms with van der Waals surface area (Å²) in [5, 5.41) is 4.80. The van der Waals surface area contributed by atoms with E-state index in [4.69, 9.17) is 9.47 Å². The van der Waals surface area contributed by atoms with Crippen LogP contribution < -0.4 is 14.8 Å². The fraction of sp³-hybridized carbons (Fsp3) is 0.292. The zero-order valence-electron chi connectivity index (χ0n) is 18.6. The molecule has 9 heteroatoms. The summed E-state index contributed by atoms with van der Waals surface area (Å²) in [5.41, 5.74) is 1.99. The molecule has 3 aromatic rings. The van der Waals surface area contributed by atoms with Crippen molar-refractivity contribution in [1.82, 2.24) is 14.8 Å². The third-order valence-electron chi connectivity index (χ3n) is 5.47. The van der Waals surface area contributed by atoms with E-state index in [9.17, 15) is 9.59 Å². The number of nitrogens with one attached hydrogen (secondary N) is 1. The SMILES string of the molecule is COc1cc(OC)cc(C(=O)Nc2nc(C(=O)N3CCN(Cc4ccccc4)CC3)cs2)c1. The van der Waals surface area contributed by atoms with E-state index in [2.05, 4.69) is 27.3 Å². The van der Waals surface area contributed by atoms with Crippen LogP contribution in [0.4, 0.5) is 5.13 Å². The van der Waals surface area contributed by atoms with E-state index in [0.717, 1.165) is 19.6 Å². The number of hydrogen-bond donors (Lipinski definition) is 1. The molecule has 0 spiro atoms. The number of thiazole rings is 1. The first-order chi connectivity index (χ1) is 16.1. The number of hydrogen-bond acceptors (Lipinski definition) is 7. The number of benzene rings is 2. The van der Waals surface area contributed by atoms with Gasteiger partial charge in [-0.15, -0.1) is 11.3 Å². The number of aromatic nitrogens is 1. The maximum absolute atomic E-state index is 12.9.